The normalized spacial score (nSPS) is 16.0. The first-order valence-electron chi connectivity index (χ1n) is 8.85. The van der Waals surface area contributed by atoms with Crippen molar-refractivity contribution in [2.75, 3.05) is 6.54 Å². The van der Waals surface area contributed by atoms with Crippen LogP contribution in [0.4, 0.5) is 30.7 Å². The Balaban J connectivity index is 1.79. The summed E-state index contributed by atoms with van der Waals surface area (Å²) < 4.78 is 119. The zero-order chi connectivity index (χ0) is 22.8. The van der Waals surface area contributed by atoms with Gasteiger partial charge in [0.15, 0.2) is 0 Å². The van der Waals surface area contributed by atoms with E-state index >= 15 is 0 Å². The van der Waals surface area contributed by atoms with Crippen molar-refractivity contribution in [1.29, 1.82) is 0 Å². The number of sulfonamides is 1. The number of halogens is 7. The molecule has 1 aliphatic heterocycles. The fourth-order valence-corrected chi connectivity index (χ4v) is 5.07. The molecule has 166 valence electrons. The van der Waals surface area contributed by atoms with Gasteiger partial charge in [0.25, 0.3) is 0 Å². The standard InChI is InChI=1S/C19H13F7N2O2S/c20-12-1-2-16-14(8-12)15-9-28(4-3-17(15)27-16)31(29,30)13-6-10(18(21,22)23)5-11(7-13)19(24,25)26/h1-2,5-8,27H,3-4,9H2. The maximum atomic E-state index is 13.6. The zero-order valence-corrected chi connectivity index (χ0v) is 16.2. The van der Waals surface area contributed by atoms with Crippen molar-refractivity contribution in [1.82, 2.24) is 9.29 Å². The summed E-state index contributed by atoms with van der Waals surface area (Å²) in [7, 11) is -4.70. The molecule has 3 aromatic rings. The van der Waals surface area contributed by atoms with Crippen LogP contribution < -0.4 is 0 Å². The minimum Gasteiger partial charge on any atom is -0.358 e. The summed E-state index contributed by atoms with van der Waals surface area (Å²) >= 11 is 0. The van der Waals surface area contributed by atoms with Crippen molar-refractivity contribution < 1.29 is 39.2 Å². The predicted octanol–water partition coefficient (Wildman–Crippen LogP) is 5.09. The molecule has 2 heterocycles. The molecule has 4 nitrogen and oxygen atoms in total. The largest absolute Gasteiger partial charge is 0.416 e. The molecule has 0 spiro atoms. The number of nitrogens with one attached hydrogen (secondary N) is 1. The van der Waals surface area contributed by atoms with E-state index in [4.69, 9.17) is 0 Å². The van der Waals surface area contributed by atoms with E-state index in [0.717, 1.165) is 4.31 Å². The molecular formula is C19H13F7N2O2S. The molecule has 0 saturated heterocycles. The molecule has 2 aromatic carbocycles. The molecule has 0 fully saturated rings. The Morgan fingerprint density at radius 3 is 2.10 bits per heavy atom. The molecule has 0 amide bonds. The van der Waals surface area contributed by atoms with E-state index in [1.807, 2.05) is 0 Å². The summed E-state index contributed by atoms with van der Waals surface area (Å²) in [6.45, 7) is -0.485. The molecule has 0 atom stereocenters. The molecular weight excluding hydrogens is 453 g/mol. The maximum Gasteiger partial charge on any atom is 0.416 e. The monoisotopic (exact) mass is 466 g/mol. The molecule has 0 radical (unpaired) electrons. The summed E-state index contributed by atoms with van der Waals surface area (Å²) in [5.41, 5.74) is -1.83. The highest BCUT2D eigenvalue weighted by molar-refractivity contribution is 7.89. The first-order valence-corrected chi connectivity index (χ1v) is 10.3. The number of rotatable bonds is 2. The molecule has 0 saturated carbocycles. The topological polar surface area (TPSA) is 53.2 Å². The fraction of sp³-hybridized carbons (Fsp3) is 0.263. The van der Waals surface area contributed by atoms with Crippen LogP contribution in [0.2, 0.25) is 0 Å². The molecule has 1 N–H and O–H groups in total. The van der Waals surface area contributed by atoms with Gasteiger partial charge in [0, 0.05) is 36.1 Å². The molecule has 4 rings (SSSR count). The second-order valence-corrected chi connectivity index (χ2v) is 9.04. The Labute approximate surface area is 171 Å². The van der Waals surface area contributed by atoms with Crippen molar-refractivity contribution in [3.8, 4) is 0 Å². The van der Waals surface area contributed by atoms with Gasteiger partial charge in [-0.25, -0.2) is 12.8 Å². The summed E-state index contributed by atoms with van der Waals surface area (Å²) in [5, 5.41) is 0.398. The molecule has 0 unspecified atom stereocenters. The lowest BCUT2D eigenvalue weighted by atomic mass is 10.1. The Kier molecular flexibility index (Phi) is 4.85. The fourth-order valence-electron chi connectivity index (χ4n) is 3.59. The van der Waals surface area contributed by atoms with Gasteiger partial charge in [0.1, 0.15) is 5.82 Å². The molecule has 1 aromatic heterocycles. The van der Waals surface area contributed by atoms with E-state index in [-0.39, 0.29) is 37.7 Å². The zero-order valence-electron chi connectivity index (χ0n) is 15.4. The number of H-pyrrole nitrogens is 1. The number of alkyl halides is 6. The quantitative estimate of drug-likeness (QED) is 0.535. The van der Waals surface area contributed by atoms with Gasteiger partial charge < -0.3 is 4.98 Å². The van der Waals surface area contributed by atoms with E-state index in [1.54, 1.807) is 0 Å². The van der Waals surface area contributed by atoms with E-state index in [0.29, 0.717) is 22.2 Å². The second kappa shape index (κ2) is 6.95. The van der Waals surface area contributed by atoms with Crippen molar-refractivity contribution >= 4 is 20.9 Å². The Morgan fingerprint density at radius 1 is 0.903 bits per heavy atom. The number of benzene rings is 2. The van der Waals surface area contributed by atoms with Crippen LogP contribution in [0.15, 0.2) is 41.3 Å². The van der Waals surface area contributed by atoms with Gasteiger partial charge in [-0.05, 0) is 42.0 Å². The average Bonchev–Trinajstić information content (AvgIpc) is 3.03. The number of fused-ring (bicyclic) bond motifs is 3. The molecule has 0 bridgehead atoms. The minimum atomic E-state index is -5.17. The lowest BCUT2D eigenvalue weighted by Crippen LogP contribution is -2.36. The predicted molar refractivity (Wildman–Crippen MR) is 96.0 cm³/mol. The summed E-state index contributed by atoms with van der Waals surface area (Å²) in [6, 6.07) is 4.11. The van der Waals surface area contributed by atoms with E-state index in [9.17, 15) is 39.2 Å². The van der Waals surface area contributed by atoms with Crippen molar-refractivity contribution in [3.05, 3.63) is 64.6 Å². The first-order chi connectivity index (χ1) is 14.3. The third kappa shape index (κ3) is 3.89. The Morgan fingerprint density at radius 2 is 1.52 bits per heavy atom. The van der Waals surface area contributed by atoms with E-state index in [1.165, 1.54) is 18.2 Å². The minimum absolute atomic E-state index is 0.129. The Hall–Kier alpha value is -2.60. The van der Waals surface area contributed by atoms with Crippen LogP contribution in [0.1, 0.15) is 22.4 Å². The number of aromatic amines is 1. The number of hydrogen-bond acceptors (Lipinski definition) is 2. The van der Waals surface area contributed by atoms with Crippen LogP contribution >= 0.6 is 0 Å². The second-order valence-electron chi connectivity index (χ2n) is 7.10. The van der Waals surface area contributed by atoms with Gasteiger partial charge >= 0.3 is 12.4 Å². The van der Waals surface area contributed by atoms with Crippen molar-refractivity contribution in [2.45, 2.75) is 30.2 Å². The van der Waals surface area contributed by atoms with Crippen LogP contribution in [0.5, 0.6) is 0 Å². The maximum absolute atomic E-state index is 13.6. The highest BCUT2D eigenvalue weighted by Gasteiger charge is 2.39. The summed E-state index contributed by atoms with van der Waals surface area (Å²) in [4.78, 5) is 1.92. The molecule has 12 heteroatoms. The number of hydrogen-bond donors (Lipinski definition) is 1. The number of nitrogens with zero attached hydrogens (tertiary/aromatic N) is 1. The van der Waals surface area contributed by atoms with Crippen LogP contribution in [0.3, 0.4) is 0 Å². The van der Waals surface area contributed by atoms with Crippen molar-refractivity contribution in [2.24, 2.45) is 0 Å². The van der Waals surface area contributed by atoms with Gasteiger partial charge in [0.05, 0.1) is 16.0 Å². The van der Waals surface area contributed by atoms with Gasteiger partial charge in [-0.15, -0.1) is 0 Å². The number of aromatic nitrogens is 1. The third-order valence-corrected chi connectivity index (χ3v) is 6.92. The molecule has 0 aliphatic carbocycles. The van der Waals surface area contributed by atoms with Gasteiger partial charge in [-0.3, -0.25) is 0 Å². The highest BCUT2D eigenvalue weighted by Crippen LogP contribution is 2.38. The van der Waals surface area contributed by atoms with E-state index in [2.05, 4.69) is 4.98 Å². The molecule has 1 aliphatic rings. The third-order valence-electron chi connectivity index (χ3n) is 5.10. The van der Waals surface area contributed by atoms with Crippen molar-refractivity contribution in [3.63, 3.8) is 0 Å². The SMILES string of the molecule is O=S(=O)(c1cc(C(F)(F)F)cc(C(F)(F)F)c1)N1CCc2[nH]c3ccc(F)cc3c2C1. The Bertz CT molecular complexity index is 1240. The first kappa shape index (κ1) is 21.6. The highest BCUT2D eigenvalue weighted by atomic mass is 32.2. The molecule has 31 heavy (non-hydrogen) atoms. The van der Waals surface area contributed by atoms with Gasteiger partial charge in [-0.2, -0.15) is 30.6 Å². The van der Waals surface area contributed by atoms with Gasteiger partial charge in [-0.1, -0.05) is 0 Å². The summed E-state index contributed by atoms with van der Waals surface area (Å²) in [5.74, 6) is -0.568. The average molecular weight is 466 g/mol. The lowest BCUT2D eigenvalue weighted by molar-refractivity contribution is -0.143. The summed E-state index contributed by atoms with van der Waals surface area (Å²) in [6.07, 6.45) is -10.2. The van der Waals surface area contributed by atoms with Gasteiger partial charge in [0.2, 0.25) is 10.0 Å². The smallest absolute Gasteiger partial charge is 0.358 e. The van der Waals surface area contributed by atoms with Crippen LogP contribution in [-0.4, -0.2) is 24.3 Å². The lowest BCUT2D eigenvalue weighted by Gasteiger charge is -2.27. The van der Waals surface area contributed by atoms with Crippen LogP contribution in [-0.2, 0) is 35.3 Å². The van der Waals surface area contributed by atoms with Crippen LogP contribution in [0, 0.1) is 5.82 Å². The van der Waals surface area contributed by atoms with Crippen LogP contribution in [0.25, 0.3) is 10.9 Å². The van der Waals surface area contributed by atoms with E-state index < -0.39 is 44.2 Å².